The van der Waals surface area contributed by atoms with Crippen LogP contribution in [0.1, 0.15) is 34.8 Å². The van der Waals surface area contributed by atoms with Gasteiger partial charge in [-0.25, -0.2) is 5.43 Å². The summed E-state index contributed by atoms with van der Waals surface area (Å²) in [6, 6.07) is 21.2. The predicted molar refractivity (Wildman–Crippen MR) is 132 cm³/mol. The second kappa shape index (κ2) is 11.5. The van der Waals surface area contributed by atoms with Gasteiger partial charge in [-0.2, -0.15) is 5.10 Å². The number of hydrogen-bond acceptors (Lipinski definition) is 6. The van der Waals surface area contributed by atoms with E-state index in [1.807, 2.05) is 37.3 Å². The van der Waals surface area contributed by atoms with Crippen LogP contribution in [0.25, 0.3) is 6.08 Å². The summed E-state index contributed by atoms with van der Waals surface area (Å²) in [5, 5.41) is 6.71. The fraction of sp³-hybridized carbons (Fsp3) is 0.148. The molecule has 8 heteroatoms. The molecule has 3 aromatic rings. The van der Waals surface area contributed by atoms with E-state index in [2.05, 4.69) is 15.8 Å². The number of hydrogen-bond donors (Lipinski definition) is 2. The van der Waals surface area contributed by atoms with Crippen LogP contribution in [0.5, 0.6) is 17.2 Å². The van der Waals surface area contributed by atoms with Crippen LogP contribution in [-0.2, 0) is 4.79 Å². The van der Waals surface area contributed by atoms with Crippen molar-refractivity contribution in [1.82, 2.24) is 10.7 Å². The summed E-state index contributed by atoms with van der Waals surface area (Å²) < 4.78 is 16.2. The Morgan fingerprint density at radius 3 is 2.49 bits per heavy atom. The maximum Gasteiger partial charge on any atom is 0.287 e. The summed E-state index contributed by atoms with van der Waals surface area (Å²) in [6.07, 6.45) is 3.97. The zero-order valence-corrected chi connectivity index (χ0v) is 19.2. The molecular formula is C27H25N3O5. The Hall–Kier alpha value is -4.59. The first kappa shape index (κ1) is 23.6. The van der Waals surface area contributed by atoms with E-state index >= 15 is 0 Å². The van der Waals surface area contributed by atoms with Crippen LogP contribution in [0, 0.1) is 0 Å². The van der Waals surface area contributed by atoms with Crippen LogP contribution >= 0.6 is 0 Å². The van der Waals surface area contributed by atoms with Crippen molar-refractivity contribution in [2.45, 2.75) is 13.3 Å². The van der Waals surface area contributed by atoms with E-state index in [1.165, 1.54) is 6.21 Å². The van der Waals surface area contributed by atoms with E-state index in [0.29, 0.717) is 29.2 Å². The minimum Gasteiger partial charge on any atom is -0.494 e. The van der Waals surface area contributed by atoms with Gasteiger partial charge in [-0.05, 0) is 66.1 Å². The molecule has 4 rings (SSSR count). The number of benzene rings is 3. The lowest BCUT2D eigenvalue weighted by molar-refractivity contribution is -0.117. The third kappa shape index (κ3) is 6.48. The summed E-state index contributed by atoms with van der Waals surface area (Å²) >= 11 is 0. The van der Waals surface area contributed by atoms with Crippen molar-refractivity contribution in [3.8, 4) is 17.2 Å². The SMILES string of the molecule is CCCOc1ccc(/C=C(\NC(=O)c2ccccc2)C(=O)N/N=C\c2ccc3c(c2)OCO3)cc1. The molecular weight excluding hydrogens is 446 g/mol. The van der Waals surface area contributed by atoms with Gasteiger partial charge < -0.3 is 19.5 Å². The number of hydrazone groups is 1. The lowest BCUT2D eigenvalue weighted by Crippen LogP contribution is -2.32. The Morgan fingerprint density at radius 1 is 0.971 bits per heavy atom. The van der Waals surface area contributed by atoms with Gasteiger partial charge in [-0.3, -0.25) is 9.59 Å². The number of ether oxygens (including phenoxy) is 3. The molecule has 0 saturated heterocycles. The highest BCUT2D eigenvalue weighted by Crippen LogP contribution is 2.31. The first-order valence-electron chi connectivity index (χ1n) is 11.2. The fourth-order valence-corrected chi connectivity index (χ4v) is 3.21. The molecule has 0 bridgehead atoms. The van der Waals surface area contributed by atoms with E-state index in [-0.39, 0.29) is 12.5 Å². The van der Waals surface area contributed by atoms with Gasteiger partial charge in [0.05, 0.1) is 12.8 Å². The van der Waals surface area contributed by atoms with Crippen LogP contribution < -0.4 is 25.0 Å². The van der Waals surface area contributed by atoms with Gasteiger partial charge in [0, 0.05) is 5.56 Å². The first-order valence-corrected chi connectivity index (χ1v) is 11.2. The molecule has 0 aliphatic carbocycles. The average Bonchev–Trinajstić information content (AvgIpc) is 3.36. The molecule has 0 saturated carbocycles. The Morgan fingerprint density at radius 2 is 1.71 bits per heavy atom. The quantitative estimate of drug-likeness (QED) is 0.278. The van der Waals surface area contributed by atoms with Crippen molar-refractivity contribution in [2.24, 2.45) is 5.10 Å². The number of nitrogens with one attached hydrogen (secondary N) is 2. The molecule has 3 aromatic carbocycles. The van der Waals surface area contributed by atoms with Crippen molar-refractivity contribution in [1.29, 1.82) is 0 Å². The van der Waals surface area contributed by atoms with Gasteiger partial charge in [-0.1, -0.05) is 37.3 Å². The first-order chi connectivity index (χ1) is 17.1. The van der Waals surface area contributed by atoms with Crippen molar-refractivity contribution < 1.29 is 23.8 Å². The van der Waals surface area contributed by atoms with Crippen molar-refractivity contribution in [2.75, 3.05) is 13.4 Å². The van der Waals surface area contributed by atoms with Crippen molar-refractivity contribution >= 4 is 24.1 Å². The molecule has 178 valence electrons. The van der Waals surface area contributed by atoms with Gasteiger partial charge in [-0.15, -0.1) is 0 Å². The molecule has 0 spiro atoms. The second-order valence-electron chi connectivity index (χ2n) is 7.61. The lowest BCUT2D eigenvalue weighted by atomic mass is 10.1. The van der Waals surface area contributed by atoms with Gasteiger partial charge in [0.1, 0.15) is 11.4 Å². The largest absolute Gasteiger partial charge is 0.494 e. The van der Waals surface area contributed by atoms with Crippen LogP contribution in [0.4, 0.5) is 0 Å². The molecule has 0 aromatic heterocycles. The Bertz CT molecular complexity index is 1240. The summed E-state index contributed by atoms with van der Waals surface area (Å²) in [4.78, 5) is 25.6. The summed E-state index contributed by atoms with van der Waals surface area (Å²) in [5.41, 5.74) is 4.37. The highest BCUT2D eigenvalue weighted by atomic mass is 16.7. The van der Waals surface area contributed by atoms with E-state index < -0.39 is 11.8 Å². The molecule has 1 heterocycles. The van der Waals surface area contributed by atoms with Crippen LogP contribution in [0.2, 0.25) is 0 Å². The minimum absolute atomic E-state index is 0.0453. The van der Waals surface area contributed by atoms with Crippen molar-refractivity contribution in [3.05, 3.63) is 95.2 Å². The molecule has 8 nitrogen and oxygen atoms in total. The summed E-state index contributed by atoms with van der Waals surface area (Å²) in [6.45, 7) is 2.83. The Balaban J connectivity index is 1.50. The minimum atomic E-state index is -0.572. The van der Waals surface area contributed by atoms with E-state index in [1.54, 1.807) is 48.5 Å². The zero-order valence-electron chi connectivity index (χ0n) is 19.2. The lowest BCUT2D eigenvalue weighted by Gasteiger charge is -2.10. The monoisotopic (exact) mass is 471 g/mol. The molecule has 1 aliphatic heterocycles. The highest BCUT2D eigenvalue weighted by Gasteiger charge is 2.15. The fourth-order valence-electron chi connectivity index (χ4n) is 3.21. The number of nitrogens with zero attached hydrogens (tertiary/aromatic N) is 1. The number of carbonyl (C=O) groups excluding carboxylic acids is 2. The number of fused-ring (bicyclic) bond motifs is 1. The van der Waals surface area contributed by atoms with Crippen LogP contribution in [0.3, 0.4) is 0 Å². The standard InChI is InChI=1S/C27H25N3O5/c1-2-14-33-22-11-8-19(9-12-22)15-23(29-26(31)21-6-4-3-5-7-21)27(32)30-28-17-20-10-13-24-25(16-20)35-18-34-24/h3-13,15-17H,2,14,18H2,1H3,(H,29,31)(H,30,32)/b23-15-,28-17-. The van der Waals surface area contributed by atoms with Crippen molar-refractivity contribution in [3.63, 3.8) is 0 Å². The average molecular weight is 472 g/mol. The predicted octanol–water partition coefficient (Wildman–Crippen LogP) is 4.13. The van der Waals surface area contributed by atoms with Gasteiger partial charge in [0.25, 0.3) is 11.8 Å². The number of amides is 2. The summed E-state index contributed by atoms with van der Waals surface area (Å²) in [5.74, 6) is 1.03. The zero-order chi connectivity index (χ0) is 24.5. The maximum atomic E-state index is 12.9. The second-order valence-corrected chi connectivity index (χ2v) is 7.61. The molecule has 0 atom stereocenters. The molecule has 1 aliphatic rings. The number of carbonyl (C=O) groups is 2. The number of rotatable bonds is 9. The molecule has 2 amide bonds. The van der Waals surface area contributed by atoms with Gasteiger partial charge in [0.15, 0.2) is 11.5 Å². The van der Waals surface area contributed by atoms with E-state index in [4.69, 9.17) is 14.2 Å². The topological polar surface area (TPSA) is 98.2 Å². The third-order valence-electron chi connectivity index (χ3n) is 4.97. The molecule has 35 heavy (non-hydrogen) atoms. The van der Waals surface area contributed by atoms with Gasteiger partial charge in [0.2, 0.25) is 6.79 Å². The Kier molecular flexibility index (Phi) is 7.75. The smallest absolute Gasteiger partial charge is 0.287 e. The molecule has 0 radical (unpaired) electrons. The van der Waals surface area contributed by atoms with Gasteiger partial charge >= 0.3 is 0 Å². The Labute approximate surface area is 203 Å². The van der Waals surface area contributed by atoms with E-state index in [0.717, 1.165) is 17.7 Å². The summed E-state index contributed by atoms with van der Waals surface area (Å²) in [7, 11) is 0. The maximum absolute atomic E-state index is 12.9. The highest BCUT2D eigenvalue weighted by molar-refractivity contribution is 6.05. The van der Waals surface area contributed by atoms with Crippen LogP contribution in [-0.4, -0.2) is 31.4 Å². The molecule has 2 N–H and O–H groups in total. The van der Waals surface area contributed by atoms with Crippen LogP contribution in [0.15, 0.2) is 83.6 Å². The third-order valence-corrected chi connectivity index (χ3v) is 4.97. The molecule has 0 fully saturated rings. The normalized spacial score (nSPS) is 12.4. The van der Waals surface area contributed by atoms with E-state index in [9.17, 15) is 9.59 Å². The molecule has 0 unspecified atom stereocenters.